The molecule has 1 fully saturated rings. The number of rotatable bonds is 2. The standard InChI is InChI=1S/C9H15/c1-2-6-9-7-4-3-5-8-9/h9H,1,3-8H2. The quantitative estimate of drug-likeness (QED) is 0.529. The second-order valence-corrected chi connectivity index (χ2v) is 2.96. The average Bonchev–Trinajstić information content (AvgIpc) is 1.91. The van der Waals surface area contributed by atoms with Gasteiger partial charge in [0.1, 0.15) is 0 Å². The third kappa shape index (κ3) is 2.21. The molecule has 51 valence electrons. The third-order valence-electron chi connectivity index (χ3n) is 2.16. The largest absolute Gasteiger partial charge is 0.0956 e. The van der Waals surface area contributed by atoms with E-state index in [0.29, 0.717) is 0 Å². The maximum absolute atomic E-state index is 3.63. The van der Waals surface area contributed by atoms with Gasteiger partial charge in [0, 0.05) is 0 Å². The summed E-state index contributed by atoms with van der Waals surface area (Å²) >= 11 is 0. The molecule has 0 aliphatic heterocycles. The monoisotopic (exact) mass is 123 g/mol. The summed E-state index contributed by atoms with van der Waals surface area (Å²) in [5, 5.41) is 0. The first kappa shape index (κ1) is 6.85. The minimum atomic E-state index is 0.927. The molecular formula is C9H15. The van der Waals surface area contributed by atoms with Crippen LogP contribution in [0.25, 0.3) is 0 Å². The van der Waals surface area contributed by atoms with Crippen molar-refractivity contribution >= 4 is 0 Å². The molecule has 1 rings (SSSR count). The lowest BCUT2D eigenvalue weighted by Gasteiger charge is -2.19. The first-order chi connectivity index (χ1) is 4.43. The van der Waals surface area contributed by atoms with Crippen LogP contribution in [0, 0.1) is 12.0 Å². The molecule has 0 nitrogen and oxygen atoms in total. The van der Waals surface area contributed by atoms with E-state index in [4.69, 9.17) is 0 Å². The van der Waals surface area contributed by atoms with Crippen molar-refractivity contribution in [1.29, 1.82) is 0 Å². The van der Waals surface area contributed by atoms with Crippen molar-refractivity contribution in [1.82, 2.24) is 0 Å². The Morgan fingerprint density at radius 3 is 2.44 bits per heavy atom. The fourth-order valence-electron chi connectivity index (χ4n) is 1.60. The Hall–Kier alpha value is -0.260. The van der Waals surface area contributed by atoms with Crippen molar-refractivity contribution in [3.8, 4) is 0 Å². The molecule has 0 aromatic heterocycles. The van der Waals surface area contributed by atoms with Gasteiger partial charge in [-0.25, -0.2) is 0 Å². The van der Waals surface area contributed by atoms with E-state index in [9.17, 15) is 0 Å². The summed E-state index contributed by atoms with van der Waals surface area (Å²) in [4.78, 5) is 0. The minimum Gasteiger partial charge on any atom is -0.0956 e. The second kappa shape index (κ2) is 3.71. The lowest BCUT2D eigenvalue weighted by Crippen LogP contribution is -2.04. The van der Waals surface area contributed by atoms with E-state index >= 15 is 0 Å². The Labute approximate surface area is 58.0 Å². The lowest BCUT2D eigenvalue weighted by molar-refractivity contribution is 0.359. The van der Waals surface area contributed by atoms with Gasteiger partial charge in [-0.3, -0.25) is 0 Å². The maximum atomic E-state index is 3.63. The Kier molecular flexibility index (Phi) is 2.82. The molecule has 0 spiro atoms. The van der Waals surface area contributed by atoms with Gasteiger partial charge in [0.05, 0.1) is 0 Å². The Bertz CT molecular complexity index is 78.0. The van der Waals surface area contributed by atoms with E-state index in [2.05, 4.69) is 12.7 Å². The fourth-order valence-corrected chi connectivity index (χ4v) is 1.60. The normalized spacial score (nSPS) is 21.8. The highest BCUT2D eigenvalue weighted by Gasteiger charge is 2.10. The zero-order valence-corrected chi connectivity index (χ0v) is 6.03. The molecule has 0 N–H and O–H groups in total. The van der Waals surface area contributed by atoms with Crippen molar-refractivity contribution in [3.63, 3.8) is 0 Å². The van der Waals surface area contributed by atoms with Crippen LogP contribution in [-0.2, 0) is 0 Å². The molecule has 0 amide bonds. The second-order valence-electron chi connectivity index (χ2n) is 2.96. The molecule has 0 heteroatoms. The van der Waals surface area contributed by atoms with Crippen LogP contribution in [0.15, 0.2) is 6.58 Å². The summed E-state index contributed by atoms with van der Waals surface area (Å²) in [6.07, 6.45) is 11.3. The molecule has 9 heavy (non-hydrogen) atoms. The van der Waals surface area contributed by atoms with Gasteiger partial charge in [0.2, 0.25) is 0 Å². The van der Waals surface area contributed by atoms with Gasteiger partial charge in [0.15, 0.2) is 0 Å². The van der Waals surface area contributed by atoms with E-state index in [1.54, 1.807) is 0 Å². The molecule has 1 saturated carbocycles. The summed E-state index contributed by atoms with van der Waals surface area (Å²) in [6.45, 7) is 3.63. The Morgan fingerprint density at radius 2 is 1.89 bits per heavy atom. The molecule has 0 unspecified atom stereocenters. The predicted octanol–water partition coefficient (Wildman–Crippen LogP) is 2.95. The van der Waals surface area contributed by atoms with Gasteiger partial charge in [-0.15, -0.1) is 0 Å². The van der Waals surface area contributed by atoms with Gasteiger partial charge in [-0.2, -0.15) is 0 Å². The molecule has 0 atom stereocenters. The van der Waals surface area contributed by atoms with E-state index in [1.165, 1.54) is 32.1 Å². The van der Waals surface area contributed by atoms with Crippen LogP contribution in [0.3, 0.4) is 0 Å². The van der Waals surface area contributed by atoms with Gasteiger partial charge in [-0.1, -0.05) is 44.8 Å². The third-order valence-corrected chi connectivity index (χ3v) is 2.16. The fraction of sp³-hybridized carbons (Fsp3) is 0.778. The van der Waals surface area contributed by atoms with Crippen LogP contribution >= 0.6 is 0 Å². The molecule has 0 aromatic carbocycles. The van der Waals surface area contributed by atoms with E-state index < -0.39 is 0 Å². The lowest BCUT2D eigenvalue weighted by atomic mass is 9.87. The molecule has 1 aliphatic rings. The van der Waals surface area contributed by atoms with Crippen molar-refractivity contribution in [3.05, 3.63) is 12.7 Å². The van der Waals surface area contributed by atoms with Crippen molar-refractivity contribution in [2.24, 2.45) is 5.92 Å². The highest BCUT2D eigenvalue weighted by atomic mass is 14.2. The molecular weight excluding hydrogens is 108 g/mol. The van der Waals surface area contributed by atoms with E-state index in [0.717, 1.165) is 12.3 Å². The molecule has 0 heterocycles. The van der Waals surface area contributed by atoms with Crippen molar-refractivity contribution < 1.29 is 0 Å². The Morgan fingerprint density at radius 1 is 1.22 bits per heavy atom. The van der Waals surface area contributed by atoms with Crippen molar-refractivity contribution in [2.75, 3.05) is 0 Å². The first-order valence-corrected chi connectivity index (χ1v) is 3.93. The Balaban J connectivity index is 2.15. The predicted molar refractivity (Wildman–Crippen MR) is 40.1 cm³/mol. The van der Waals surface area contributed by atoms with Gasteiger partial charge >= 0.3 is 0 Å². The van der Waals surface area contributed by atoms with E-state index in [-0.39, 0.29) is 0 Å². The summed E-state index contributed by atoms with van der Waals surface area (Å²) in [5.74, 6) is 0.927. The van der Waals surface area contributed by atoms with Crippen LogP contribution in [0.1, 0.15) is 38.5 Å². The van der Waals surface area contributed by atoms with Gasteiger partial charge in [-0.05, 0) is 12.3 Å². The van der Waals surface area contributed by atoms with Crippen LogP contribution in [0.5, 0.6) is 0 Å². The summed E-state index contributed by atoms with van der Waals surface area (Å²) in [6, 6.07) is 0. The highest BCUT2D eigenvalue weighted by molar-refractivity contribution is 4.69. The number of hydrogen-bond acceptors (Lipinski definition) is 0. The molecule has 0 aromatic rings. The van der Waals surface area contributed by atoms with Gasteiger partial charge < -0.3 is 0 Å². The number of allylic oxidation sites excluding steroid dienone is 1. The van der Waals surface area contributed by atoms with E-state index in [1.807, 2.05) is 0 Å². The van der Waals surface area contributed by atoms with Crippen LogP contribution < -0.4 is 0 Å². The average molecular weight is 123 g/mol. The smallest absolute Gasteiger partial charge is 0.0254 e. The molecule has 0 saturated heterocycles. The van der Waals surface area contributed by atoms with Crippen LogP contribution in [0.4, 0.5) is 0 Å². The zero-order chi connectivity index (χ0) is 6.53. The molecule has 1 aliphatic carbocycles. The number of hydrogen-bond donors (Lipinski definition) is 0. The van der Waals surface area contributed by atoms with Gasteiger partial charge in [0.25, 0.3) is 0 Å². The van der Waals surface area contributed by atoms with Crippen molar-refractivity contribution in [2.45, 2.75) is 38.5 Å². The summed E-state index contributed by atoms with van der Waals surface area (Å²) in [5.41, 5.74) is 0. The van der Waals surface area contributed by atoms with Crippen LogP contribution in [-0.4, -0.2) is 0 Å². The summed E-state index contributed by atoms with van der Waals surface area (Å²) in [7, 11) is 0. The topological polar surface area (TPSA) is 0 Å². The zero-order valence-electron chi connectivity index (χ0n) is 6.03. The highest BCUT2D eigenvalue weighted by Crippen LogP contribution is 2.25. The maximum Gasteiger partial charge on any atom is -0.0254 e. The SMILES string of the molecule is C=[C]CC1CCCCC1. The molecule has 0 bridgehead atoms. The summed E-state index contributed by atoms with van der Waals surface area (Å²) < 4.78 is 0. The minimum absolute atomic E-state index is 0.927. The van der Waals surface area contributed by atoms with Crippen LogP contribution in [0.2, 0.25) is 0 Å². The first-order valence-electron chi connectivity index (χ1n) is 3.93. The molecule has 1 radical (unpaired) electrons.